The normalized spacial score (nSPS) is 11.5. The molecule has 0 radical (unpaired) electrons. The zero-order valence-electron chi connectivity index (χ0n) is 10.7. The van der Waals surface area contributed by atoms with Crippen molar-refractivity contribution in [3.05, 3.63) is 39.9 Å². The van der Waals surface area contributed by atoms with E-state index in [1.54, 1.807) is 18.9 Å². The SMILES string of the molecule is CC#CCN(C)C(C(=O)O)c1ccc([N+](=O)[O-])cc1. The van der Waals surface area contributed by atoms with E-state index in [1.807, 2.05) is 0 Å². The van der Waals surface area contributed by atoms with Crippen LogP contribution in [-0.4, -0.2) is 34.5 Å². The van der Waals surface area contributed by atoms with Gasteiger partial charge in [-0.3, -0.25) is 19.8 Å². The Bertz CT molecular complexity index is 528. The smallest absolute Gasteiger partial charge is 0.325 e. The molecule has 0 aliphatic carbocycles. The Morgan fingerprint density at radius 1 is 1.47 bits per heavy atom. The Morgan fingerprint density at radius 2 is 2.05 bits per heavy atom. The highest BCUT2D eigenvalue weighted by Gasteiger charge is 2.24. The van der Waals surface area contributed by atoms with Crippen molar-refractivity contribution in [2.24, 2.45) is 0 Å². The number of aliphatic carboxylic acids is 1. The van der Waals surface area contributed by atoms with E-state index in [0.717, 1.165) is 0 Å². The third-order valence-corrected chi connectivity index (χ3v) is 2.60. The van der Waals surface area contributed by atoms with Crippen LogP contribution in [0, 0.1) is 22.0 Å². The minimum absolute atomic E-state index is 0.0658. The molecule has 0 aliphatic heterocycles. The first-order chi connectivity index (χ1) is 8.97. The summed E-state index contributed by atoms with van der Waals surface area (Å²) < 4.78 is 0. The number of nitro benzene ring substituents is 1. The van der Waals surface area contributed by atoms with E-state index in [4.69, 9.17) is 0 Å². The second-order valence-corrected chi connectivity index (χ2v) is 3.93. The molecule has 0 spiro atoms. The molecule has 0 aromatic heterocycles. The molecule has 0 saturated carbocycles. The first kappa shape index (κ1) is 14.7. The van der Waals surface area contributed by atoms with Crippen molar-refractivity contribution < 1.29 is 14.8 Å². The molecule has 6 heteroatoms. The zero-order chi connectivity index (χ0) is 14.4. The molecule has 1 atom stereocenters. The summed E-state index contributed by atoms with van der Waals surface area (Å²) in [5.41, 5.74) is 0.419. The van der Waals surface area contributed by atoms with Gasteiger partial charge in [-0.1, -0.05) is 18.1 Å². The lowest BCUT2D eigenvalue weighted by molar-refractivity contribution is -0.384. The number of carboxylic acid groups (broad SMARTS) is 1. The minimum atomic E-state index is -1.02. The number of nitrogens with zero attached hydrogens (tertiary/aromatic N) is 2. The van der Waals surface area contributed by atoms with Crippen LogP contribution >= 0.6 is 0 Å². The van der Waals surface area contributed by atoms with Crippen molar-refractivity contribution in [2.75, 3.05) is 13.6 Å². The molecule has 0 saturated heterocycles. The number of carboxylic acids is 1. The maximum Gasteiger partial charge on any atom is 0.325 e. The molecule has 0 aliphatic rings. The molecule has 0 bridgehead atoms. The van der Waals surface area contributed by atoms with Crippen molar-refractivity contribution in [2.45, 2.75) is 13.0 Å². The van der Waals surface area contributed by atoms with Gasteiger partial charge in [0, 0.05) is 12.1 Å². The van der Waals surface area contributed by atoms with Crippen LogP contribution in [0.1, 0.15) is 18.5 Å². The Labute approximate surface area is 110 Å². The number of carbonyl (C=O) groups is 1. The molecular formula is C13H14N2O4. The monoisotopic (exact) mass is 262 g/mol. The summed E-state index contributed by atoms with van der Waals surface area (Å²) >= 11 is 0. The fraction of sp³-hybridized carbons (Fsp3) is 0.308. The summed E-state index contributed by atoms with van der Waals surface area (Å²) in [5.74, 6) is 4.46. The number of non-ortho nitro benzene ring substituents is 1. The summed E-state index contributed by atoms with van der Waals surface area (Å²) in [6.07, 6.45) is 0. The third-order valence-electron chi connectivity index (χ3n) is 2.60. The van der Waals surface area contributed by atoms with Crippen LogP contribution in [0.4, 0.5) is 5.69 Å². The van der Waals surface area contributed by atoms with Crippen LogP contribution in [0.2, 0.25) is 0 Å². The Balaban J connectivity index is 3.01. The van der Waals surface area contributed by atoms with Crippen molar-refractivity contribution in [1.29, 1.82) is 0 Å². The average molecular weight is 262 g/mol. The lowest BCUT2D eigenvalue weighted by Gasteiger charge is -2.22. The molecule has 0 fully saturated rings. The first-order valence-electron chi connectivity index (χ1n) is 5.54. The second-order valence-electron chi connectivity index (χ2n) is 3.93. The molecule has 6 nitrogen and oxygen atoms in total. The molecule has 0 amide bonds. The van der Waals surface area contributed by atoms with Crippen molar-refractivity contribution in [3.8, 4) is 11.8 Å². The highest BCUT2D eigenvalue weighted by atomic mass is 16.6. The molecule has 19 heavy (non-hydrogen) atoms. The largest absolute Gasteiger partial charge is 0.480 e. The van der Waals surface area contributed by atoms with Gasteiger partial charge in [-0.25, -0.2) is 0 Å². The molecule has 1 N–H and O–H groups in total. The molecule has 1 aromatic rings. The molecule has 1 rings (SSSR count). The van der Waals surface area contributed by atoms with Gasteiger partial charge < -0.3 is 5.11 Å². The highest BCUT2D eigenvalue weighted by Crippen LogP contribution is 2.22. The molecule has 1 unspecified atom stereocenters. The van der Waals surface area contributed by atoms with Crippen LogP contribution in [0.25, 0.3) is 0 Å². The summed E-state index contributed by atoms with van der Waals surface area (Å²) in [6.45, 7) is 1.99. The Morgan fingerprint density at radius 3 is 2.47 bits per heavy atom. The molecule has 0 heterocycles. The third kappa shape index (κ3) is 3.79. The van der Waals surface area contributed by atoms with Gasteiger partial charge in [0.05, 0.1) is 11.5 Å². The highest BCUT2D eigenvalue weighted by molar-refractivity contribution is 5.75. The lowest BCUT2D eigenvalue weighted by Crippen LogP contribution is -2.31. The number of nitro groups is 1. The van der Waals surface area contributed by atoms with Crippen molar-refractivity contribution in [1.82, 2.24) is 4.90 Å². The summed E-state index contributed by atoms with van der Waals surface area (Å²) in [4.78, 5) is 22.9. The van der Waals surface area contributed by atoms with E-state index < -0.39 is 16.9 Å². The fourth-order valence-corrected chi connectivity index (χ4v) is 1.66. The number of benzene rings is 1. The zero-order valence-corrected chi connectivity index (χ0v) is 10.7. The van der Waals surface area contributed by atoms with E-state index >= 15 is 0 Å². The van der Waals surface area contributed by atoms with E-state index in [2.05, 4.69) is 11.8 Å². The Hall–Kier alpha value is -2.39. The second kappa shape index (κ2) is 6.52. The van der Waals surface area contributed by atoms with Gasteiger partial charge in [0.15, 0.2) is 0 Å². The number of likely N-dealkylation sites (N-methyl/N-ethyl adjacent to an activating group) is 1. The quantitative estimate of drug-likeness (QED) is 0.496. The van der Waals surface area contributed by atoms with Gasteiger partial charge >= 0.3 is 5.97 Å². The van der Waals surface area contributed by atoms with Crippen LogP contribution in [0.15, 0.2) is 24.3 Å². The number of rotatable bonds is 5. The van der Waals surface area contributed by atoms with E-state index in [1.165, 1.54) is 24.3 Å². The molecular weight excluding hydrogens is 248 g/mol. The topological polar surface area (TPSA) is 83.7 Å². The molecule has 100 valence electrons. The predicted octanol–water partition coefficient (Wildman–Crippen LogP) is 1.68. The summed E-state index contributed by atoms with van der Waals surface area (Å²) in [7, 11) is 1.64. The van der Waals surface area contributed by atoms with Gasteiger partial charge in [-0.15, -0.1) is 5.92 Å². The fourth-order valence-electron chi connectivity index (χ4n) is 1.66. The van der Waals surface area contributed by atoms with E-state index in [9.17, 15) is 20.0 Å². The van der Waals surface area contributed by atoms with Gasteiger partial charge in [0.1, 0.15) is 6.04 Å². The minimum Gasteiger partial charge on any atom is -0.480 e. The van der Waals surface area contributed by atoms with Crippen LogP contribution < -0.4 is 0 Å². The Kier molecular flexibility index (Phi) is 5.03. The van der Waals surface area contributed by atoms with Crippen LogP contribution in [-0.2, 0) is 4.79 Å². The molecule has 1 aromatic carbocycles. The van der Waals surface area contributed by atoms with Crippen molar-refractivity contribution >= 4 is 11.7 Å². The maximum atomic E-state index is 11.3. The van der Waals surface area contributed by atoms with Crippen molar-refractivity contribution in [3.63, 3.8) is 0 Å². The summed E-state index contributed by atoms with van der Waals surface area (Å²) in [5, 5.41) is 19.8. The maximum absolute atomic E-state index is 11.3. The van der Waals surface area contributed by atoms with E-state index in [-0.39, 0.29) is 5.69 Å². The summed E-state index contributed by atoms with van der Waals surface area (Å²) in [6, 6.07) is 4.62. The van der Waals surface area contributed by atoms with Gasteiger partial charge in [-0.05, 0) is 19.5 Å². The van der Waals surface area contributed by atoms with Gasteiger partial charge in [-0.2, -0.15) is 0 Å². The van der Waals surface area contributed by atoms with Crippen LogP contribution in [0.3, 0.4) is 0 Å². The standard InChI is InChI=1S/C13H14N2O4/c1-3-4-9-14(2)12(13(16)17)10-5-7-11(8-6-10)15(18)19/h5-8,12H,9H2,1-2H3,(H,16,17). The average Bonchev–Trinajstić information content (AvgIpc) is 2.36. The first-order valence-corrected chi connectivity index (χ1v) is 5.54. The van der Waals surface area contributed by atoms with E-state index in [0.29, 0.717) is 12.1 Å². The number of hydrogen-bond acceptors (Lipinski definition) is 4. The van der Waals surface area contributed by atoms with Gasteiger partial charge in [0.2, 0.25) is 0 Å². The lowest BCUT2D eigenvalue weighted by atomic mass is 10.1. The predicted molar refractivity (Wildman–Crippen MR) is 69.6 cm³/mol. The number of hydrogen-bond donors (Lipinski definition) is 1. The van der Waals surface area contributed by atoms with Gasteiger partial charge in [0.25, 0.3) is 5.69 Å². The van der Waals surface area contributed by atoms with Crippen LogP contribution in [0.5, 0.6) is 0 Å².